The molecule has 0 spiro atoms. The van der Waals surface area contributed by atoms with Gasteiger partial charge in [-0.15, -0.1) is 0 Å². The van der Waals surface area contributed by atoms with Crippen molar-refractivity contribution in [2.24, 2.45) is 0 Å². The number of pyridine rings is 1. The fourth-order valence-electron chi connectivity index (χ4n) is 0.999. The molecule has 0 aliphatic rings. The third-order valence-electron chi connectivity index (χ3n) is 1.49. The molecule has 0 aliphatic heterocycles. The molecule has 0 unspecified atom stereocenters. The quantitative estimate of drug-likeness (QED) is 0.543. The van der Waals surface area contributed by atoms with E-state index in [0.29, 0.717) is 5.82 Å². The second-order valence-electron chi connectivity index (χ2n) is 2.22. The number of nitrogens with two attached hydrogens (primary N) is 1. The van der Waals surface area contributed by atoms with E-state index in [9.17, 15) is 0 Å². The van der Waals surface area contributed by atoms with Crippen LogP contribution in [0.25, 0.3) is 11.0 Å². The number of anilines is 1. The maximum Gasteiger partial charge on any atom is 0.270 e. The number of fused-ring (bicyclic) bond motifs is 1. The summed E-state index contributed by atoms with van der Waals surface area (Å²) < 4.78 is 0. The number of aromatic amines is 2. The summed E-state index contributed by atoms with van der Waals surface area (Å²) in [7, 11) is 0. The van der Waals surface area contributed by atoms with Crippen LogP contribution in [0.5, 0.6) is 0 Å². The van der Waals surface area contributed by atoms with Gasteiger partial charge in [-0.1, -0.05) is 0 Å². The normalized spacial score (nSPS) is 10.4. The van der Waals surface area contributed by atoms with Crippen LogP contribution in [-0.2, 0) is 0 Å². The van der Waals surface area contributed by atoms with Crippen molar-refractivity contribution in [1.82, 2.24) is 4.98 Å². The molecule has 0 aromatic carbocycles. The lowest BCUT2D eigenvalue weighted by molar-refractivity contribution is -0.326. The average Bonchev–Trinajstić information content (AvgIpc) is 2.33. The Morgan fingerprint density at radius 3 is 3.10 bits per heavy atom. The molecule has 0 aliphatic carbocycles. The third-order valence-corrected chi connectivity index (χ3v) is 1.49. The first-order valence-corrected chi connectivity index (χ1v) is 3.11. The van der Waals surface area contributed by atoms with Crippen LogP contribution in [0.2, 0.25) is 0 Å². The van der Waals surface area contributed by atoms with Gasteiger partial charge in [-0.3, -0.25) is 5.73 Å². The number of hydrogen-bond acceptors (Lipinski definition) is 1. The molecule has 0 saturated heterocycles. The summed E-state index contributed by atoms with van der Waals surface area (Å²) >= 11 is 0. The molecule has 3 nitrogen and oxygen atoms in total. The summed E-state index contributed by atoms with van der Waals surface area (Å²) in [6, 6.07) is 5.73. The van der Waals surface area contributed by atoms with Crippen LogP contribution in [0.4, 0.5) is 5.82 Å². The van der Waals surface area contributed by atoms with E-state index in [1.807, 2.05) is 24.4 Å². The lowest BCUT2D eigenvalue weighted by Gasteiger charge is -1.84. The third kappa shape index (κ3) is 0.639. The predicted octanol–water partition coefficient (Wildman–Crippen LogP) is 0.564. The van der Waals surface area contributed by atoms with Crippen molar-refractivity contribution in [1.29, 1.82) is 0 Å². The molecule has 0 saturated carbocycles. The summed E-state index contributed by atoms with van der Waals surface area (Å²) in [6.07, 6.45) is 1.88. The van der Waals surface area contributed by atoms with E-state index >= 15 is 0 Å². The van der Waals surface area contributed by atoms with E-state index in [-0.39, 0.29) is 0 Å². The minimum Gasteiger partial charge on any atom is -0.358 e. The molecular weight excluding hydrogens is 126 g/mol. The molecule has 10 heavy (non-hydrogen) atoms. The van der Waals surface area contributed by atoms with Crippen molar-refractivity contribution >= 4 is 16.9 Å². The molecule has 50 valence electrons. The molecule has 2 rings (SSSR count). The van der Waals surface area contributed by atoms with E-state index in [1.165, 1.54) is 0 Å². The maximum atomic E-state index is 5.51. The molecular formula is C7H8N3+. The van der Waals surface area contributed by atoms with E-state index in [1.54, 1.807) is 0 Å². The van der Waals surface area contributed by atoms with E-state index in [4.69, 9.17) is 5.73 Å². The minimum atomic E-state index is 0.687. The van der Waals surface area contributed by atoms with Crippen LogP contribution in [0.1, 0.15) is 0 Å². The average molecular weight is 134 g/mol. The van der Waals surface area contributed by atoms with Crippen molar-refractivity contribution in [3.05, 3.63) is 24.4 Å². The Labute approximate surface area is 57.9 Å². The smallest absolute Gasteiger partial charge is 0.270 e. The van der Waals surface area contributed by atoms with E-state index in [2.05, 4.69) is 9.97 Å². The summed E-state index contributed by atoms with van der Waals surface area (Å²) in [5.41, 5.74) is 7.63. The second kappa shape index (κ2) is 1.73. The van der Waals surface area contributed by atoms with Crippen molar-refractivity contribution in [2.45, 2.75) is 0 Å². The molecule has 2 aromatic rings. The number of H-pyrrole nitrogens is 2. The topological polar surface area (TPSA) is 56.0 Å². The lowest BCUT2D eigenvalue weighted by Crippen LogP contribution is -2.09. The number of rotatable bonds is 0. The van der Waals surface area contributed by atoms with E-state index in [0.717, 1.165) is 11.0 Å². The summed E-state index contributed by atoms with van der Waals surface area (Å²) in [6.45, 7) is 0. The highest BCUT2D eigenvalue weighted by atomic mass is 14.9. The fraction of sp³-hybridized carbons (Fsp3) is 0. The molecule has 4 N–H and O–H groups in total. The zero-order valence-electron chi connectivity index (χ0n) is 5.39. The van der Waals surface area contributed by atoms with E-state index < -0.39 is 0 Å². The molecule has 0 amide bonds. The monoisotopic (exact) mass is 134 g/mol. The second-order valence-corrected chi connectivity index (χ2v) is 2.22. The fourth-order valence-corrected chi connectivity index (χ4v) is 0.999. The van der Waals surface area contributed by atoms with Gasteiger partial charge in [0.25, 0.3) is 5.82 Å². The summed E-state index contributed by atoms with van der Waals surface area (Å²) in [4.78, 5) is 6.08. The first-order valence-electron chi connectivity index (χ1n) is 3.11. The highest BCUT2D eigenvalue weighted by Gasteiger charge is 1.97. The van der Waals surface area contributed by atoms with Gasteiger partial charge in [0.05, 0.1) is 5.52 Å². The highest BCUT2D eigenvalue weighted by Crippen LogP contribution is 2.05. The van der Waals surface area contributed by atoms with Gasteiger partial charge < -0.3 is 4.98 Å². The number of nitrogen functional groups attached to an aromatic ring is 1. The SMILES string of the molecule is Nc1ccc2[nH]ccc2[nH+]1. The van der Waals surface area contributed by atoms with Crippen LogP contribution < -0.4 is 10.7 Å². The Balaban J connectivity index is 2.86. The number of hydrogen-bond donors (Lipinski definition) is 2. The van der Waals surface area contributed by atoms with Gasteiger partial charge in [0.1, 0.15) is 5.52 Å². The van der Waals surface area contributed by atoms with Crippen LogP contribution in [0.3, 0.4) is 0 Å². The number of nitrogens with one attached hydrogen (secondary N) is 2. The van der Waals surface area contributed by atoms with Crippen LogP contribution >= 0.6 is 0 Å². The minimum absolute atomic E-state index is 0.687. The highest BCUT2D eigenvalue weighted by molar-refractivity contribution is 5.71. The van der Waals surface area contributed by atoms with Crippen LogP contribution in [-0.4, -0.2) is 4.98 Å². The van der Waals surface area contributed by atoms with Gasteiger partial charge in [0.2, 0.25) is 0 Å². The van der Waals surface area contributed by atoms with Crippen LogP contribution in [0, 0.1) is 0 Å². The van der Waals surface area contributed by atoms with Crippen molar-refractivity contribution in [2.75, 3.05) is 5.73 Å². The Kier molecular flexibility index (Phi) is 0.917. The predicted molar refractivity (Wildman–Crippen MR) is 39.3 cm³/mol. The van der Waals surface area contributed by atoms with Gasteiger partial charge in [-0.25, -0.2) is 4.98 Å². The number of aromatic nitrogens is 2. The summed E-state index contributed by atoms with van der Waals surface area (Å²) in [5.74, 6) is 0.687. The molecule has 0 atom stereocenters. The Hall–Kier alpha value is -1.51. The van der Waals surface area contributed by atoms with Crippen molar-refractivity contribution in [3.8, 4) is 0 Å². The Morgan fingerprint density at radius 1 is 1.30 bits per heavy atom. The zero-order valence-corrected chi connectivity index (χ0v) is 5.39. The van der Waals surface area contributed by atoms with Crippen LogP contribution in [0.15, 0.2) is 24.4 Å². The summed E-state index contributed by atoms with van der Waals surface area (Å²) in [5, 5.41) is 0. The molecule has 2 heterocycles. The van der Waals surface area contributed by atoms with Gasteiger partial charge in [-0.05, 0) is 6.07 Å². The molecule has 0 bridgehead atoms. The first kappa shape index (κ1) is 5.29. The lowest BCUT2D eigenvalue weighted by atomic mass is 10.4. The Morgan fingerprint density at radius 2 is 2.20 bits per heavy atom. The van der Waals surface area contributed by atoms with Gasteiger partial charge >= 0.3 is 0 Å². The van der Waals surface area contributed by atoms with Gasteiger partial charge in [-0.2, -0.15) is 0 Å². The Bertz CT molecular complexity index is 350. The molecule has 0 radical (unpaired) electrons. The van der Waals surface area contributed by atoms with Gasteiger partial charge in [0.15, 0.2) is 0 Å². The molecule has 0 fully saturated rings. The van der Waals surface area contributed by atoms with Crippen molar-refractivity contribution in [3.63, 3.8) is 0 Å². The van der Waals surface area contributed by atoms with Gasteiger partial charge in [0, 0.05) is 18.3 Å². The molecule has 2 aromatic heterocycles. The molecule has 3 heteroatoms. The standard InChI is InChI=1S/C7H7N3/c8-7-2-1-5-6(10-7)3-4-9-5/h1-4,9H,(H2,8,10)/p+1. The first-order chi connectivity index (χ1) is 4.86. The maximum absolute atomic E-state index is 5.51. The van der Waals surface area contributed by atoms with Crippen molar-refractivity contribution < 1.29 is 4.98 Å². The largest absolute Gasteiger partial charge is 0.358 e. The zero-order chi connectivity index (χ0) is 6.97.